The van der Waals surface area contributed by atoms with Crippen molar-refractivity contribution in [3.05, 3.63) is 89.5 Å². The van der Waals surface area contributed by atoms with Crippen LogP contribution in [-0.4, -0.2) is 0 Å². The van der Waals surface area contributed by atoms with Gasteiger partial charge in [0, 0.05) is 0 Å². The molecule has 0 aliphatic heterocycles. The third-order valence-electron chi connectivity index (χ3n) is 3.88. The topological polar surface area (TPSA) is 0 Å². The molecule has 0 amide bonds. The summed E-state index contributed by atoms with van der Waals surface area (Å²) in [6.07, 6.45) is 4.54. The van der Waals surface area contributed by atoms with Gasteiger partial charge in [-0.3, -0.25) is 0 Å². The minimum Gasteiger partial charge on any atom is -0.0955 e. The van der Waals surface area contributed by atoms with E-state index in [2.05, 4.69) is 74.2 Å². The van der Waals surface area contributed by atoms with Crippen LogP contribution in [-0.2, 0) is 5.41 Å². The molecule has 0 saturated carbocycles. The largest absolute Gasteiger partial charge is 0.0955 e. The molecule has 0 aromatic heterocycles. The zero-order valence-electron chi connectivity index (χ0n) is 11.5. The van der Waals surface area contributed by atoms with E-state index in [0.717, 1.165) is 5.57 Å². The van der Waals surface area contributed by atoms with Gasteiger partial charge in [-0.05, 0) is 30.5 Å². The van der Waals surface area contributed by atoms with Crippen LogP contribution in [0.1, 0.15) is 29.2 Å². The second kappa shape index (κ2) is 4.24. The molecule has 2 aromatic carbocycles. The van der Waals surface area contributed by atoms with Gasteiger partial charge in [0.1, 0.15) is 0 Å². The maximum Gasteiger partial charge on any atom is 0.0563 e. The van der Waals surface area contributed by atoms with Crippen molar-refractivity contribution >= 4 is 5.57 Å². The number of hydrogen-bond donors (Lipinski definition) is 0. The SMILES string of the molecule is C=C(C)c1ccc(C2(c3ccc(C)cc3)C=C2)cc1. The Morgan fingerprint density at radius 1 is 0.842 bits per heavy atom. The second-order valence-electron chi connectivity index (χ2n) is 5.43. The molecule has 0 unspecified atom stereocenters. The van der Waals surface area contributed by atoms with Gasteiger partial charge in [0.2, 0.25) is 0 Å². The van der Waals surface area contributed by atoms with Gasteiger partial charge in [0.25, 0.3) is 0 Å². The first kappa shape index (κ1) is 12.0. The predicted octanol–water partition coefficient (Wildman–Crippen LogP) is 4.88. The van der Waals surface area contributed by atoms with E-state index in [1.54, 1.807) is 0 Å². The smallest absolute Gasteiger partial charge is 0.0563 e. The fraction of sp³-hybridized carbons (Fsp3) is 0.158. The molecular formula is C19H18. The van der Waals surface area contributed by atoms with Crippen LogP contribution in [0.4, 0.5) is 0 Å². The molecule has 19 heavy (non-hydrogen) atoms. The van der Waals surface area contributed by atoms with E-state index < -0.39 is 0 Å². The van der Waals surface area contributed by atoms with Gasteiger partial charge in [-0.25, -0.2) is 0 Å². The first-order valence-corrected chi connectivity index (χ1v) is 6.66. The molecular weight excluding hydrogens is 228 g/mol. The van der Waals surface area contributed by atoms with Crippen molar-refractivity contribution in [3.8, 4) is 0 Å². The Kier molecular flexibility index (Phi) is 2.67. The normalized spacial score (nSPS) is 15.3. The number of rotatable bonds is 3. The van der Waals surface area contributed by atoms with Crippen molar-refractivity contribution in [3.63, 3.8) is 0 Å². The molecule has 0 atom stereocenters. The Labute approximate surface area is 115 Å². The lowest BCUT2D eigenvalue weighted by Crippen LogP contribution is -2.10. The van der Waals surface area contributed by atoms with Crippen molar-refractivity contribution in [2.75, 3.05) is 0 Å². The Morgan fingerprint density at radius 3 is 1.74 bits per heavy atom. The summed E-state index contributed by atoms with van der Waals surface area (Å²) in [4.78, 5) is 0. The average Bonchev–Trinajstić information content (AvgIpc) is 3.21. The van der Waals surface area contributed by atoms with Crippen molar-refractivity contribution in [2.45, 2.75) is 19.3 Å². The molecule has 0 fully saturated rings. The Hall–Kier alpha value is -2.08. The zero-order chi connectivity index (χ0) is 13.5. The summed E-state index contributed by atoms with van der Waals surface area (Å²) in [5, 5.41) is 0. The van der Waals surface area contributed by atoms with Crippen molar-refractivity contribution in [2.24, 2.45) is 0 Å². The van der Waals surface area contributed by atoms with E-state index in [1.165, 1.54) is 22.3 Å². The van der Waals surface area contributed by atoms with Gasteiger partial charge in [-0.15, -0.1) is 0 Å². The van der Waals surface area contributed by atoms with E-state index in [4.69, 9.17) is 0 Å². The Morgan fingerprint density at radius 2 is 1.32 bits per heavy atom. The first-order chi connectivity index (χ1) is 9.12. The highest BCUT2D eigenvalue weighted by Gasteiger charge is 2.37. The van der Waals surface area contributed by atoms with Crippen molar-refractivity contribution in [1.29, 1.82) is 0 Å². The standard InChI is InChI=1S/C19H18/c1-14(2)16-6-10-18(11-7-16)19(12-13-19)17-8-4-15(3)5-9-17/h4-13H,1H2,2-3H3. The van der Waals surface area contributed by atoms with Gasteiger partial charge in [-0.2, -0.15) is 0 Å². The highest BCUT2D eigenvalue weighted by Crippen LogP contribution is 2.45. The van der Waals surface area contributed by atoms with E-state index in [9.17, 15) is 0 Å². The molecule has 0 saturated heterocycles. The highest BCUT2D eigenvalue weighted by atomic mass is 14.4. The van der Waals surface area contributed by atoms with Crippen LogP contribution >= 0.6 is 0 Å². The average molecular weight is 246 g/mol. The molecule has 1 aliphatic carbocycles. The van der Waals surface area contributed by atoms with Gasteiger partial charge in [-0.1, -0.05) is 78.4 Å². The van der Waals surface area contributed by atoms with Crippen LogP contribution in [0.25, 0.3) is 5.57 Å². The van der Waals surface area contributed by atoms with E-state index >= 15 is 0 Å². The maximum atomic E-state index is 3.99. The van der Waals surface area contributed by atoms with Crippen molar-refractivity contribution in [1.82, 2.24) is 0 Å². The molecule has 0 heteroatoms. The van der Waals surface area contributed by atoms with Crippen LogP contribution < -0.4 is 0 Å². The predicted molar refractivity (Wildman–Crippen MR) is 82.2 cm³/mol. The molecule has 94 valence electrons. The van der Waals surface area contributed by atoms with Crippen molar-refractivity contribution < 1.29 is 0 Å². The molecule has 3 rings (SSSR count). The zero-order valence-corrected chi connectivity index (χ0v) is 11.5. The maximum absolute atomic E-state index is 3.99. The minimum atomic E-state index is 0.0291. The number of allylic oxidation sites excluding steroid dienone is 3. The van der Waals surface area contributed by atoms with Gasteiger partial charge in [0.15, 0.2) is 0 Å². The fourth-order valence-electron chi connectivity index (χ4n) is 2.49. The number of aryl methyl sites for hydroxylation is 1. The minimum absolute atomic E-state index is 0.0291. The molecule has 0 N–H and O–H groups in total. The van der Waals surface area contributed by atoms with Crippen LogP contribution in [0.15, 0.2) is 67.3 Å². The van der Waals surface area contributed by atoms with Crippen LogP contribution in [0, 0.1) is 6.92 Å². The third-order valence-corrected chi connectivity index (χ3v) is 3.88. The molecule has 0 spiro atoms. The lowest BCUT2D eigenvalue weighted by atomic mass is 9.85. The first-order valence-electron chi connectivity index (χ1n) is 6.66. The van der Waals surface area contributed by atoms with Crippen LogP contribution in [0.3, 0.4) is 0 Å². The summed E-state index contributed by atoms with van der Waals surface area (Å²) in [7, 11) is 0. The lowest BCUT2D eigenvalue weighted by Gasteiger charge is -2.18. The Bertz CT molecular complexity index is 633. The van der Waals surface area contributed by atoms with Crippen LogP contribution in [0.5, 0.6) is 0 Å². The summed E-state index contributed by atoms with van der Waals surface area (Å²) >= 11 is 0. The summed E-state index contributed by atoms with van der Waals surface area (Å²) in [5.41, 5.74) is 6.34. The summed E-state index contributed by atoms with van der Waals surface area (Å²) in [6, 6.07) is 17.6. The quantitative estimate of drug-likeness (QED) is 0.677. The van der Waals surface area contributed by atoms with E-state index in [0.29, 0.717) is 0 Å². The van der Waals surface area contributed by atoms with Crippen LogP contribution in [0.2, 0.25) is 0 Å². The molecule has 0 heterocycles. The van der Waals surface area contributed by atoms with Gasteiger partial charge < -0.3 is 0 Å². The molecule has 0 bridgehead atoms. The highest BCUT2D eigenvalue weighted by molar-refractivity contribution is 5.64. The van der Waals surface area contributed by atoms with E-state index in [-0.39, 0.29) is 5.41 Å². The molecule has 0 radical (unpaired) electrons. The summed E-state index contributed by atoms with van der Waals surface area (Å²) < 4.78 is 0. The summed E-state index contributed by atoms with van der Waals surface area (Å²) in [6.45, 7) is 8.15. The third kappa shape index (κ3) is 2.04. The molecule has 1 aliphatic rings. The molecule has 0 nitrogen and oxygen atoms in total. The molecule has 2 aromatic rings. The number of benzene rings is 2. The Balaban J connectivity index is 1.96. The van der Waals surface area contributed by atoms with E-state index in [1.807, 2.05) is 6.92 Å². The fourth-order valence-corrected chi connectivity index (χ4v) is 2.49. The van der Waals surface area contributed by atoms with Gasteiger partial charge in [0.05, 0.1) is 5.41 Å². The van der Waals surface area contributed by atoms with Gasteiger partial charge >= 0.3 is 0 Å². The second-order valence-corrected chi connectivity index (χ2v) is 5.43. The summed E-state index contributed by atoms with van der Waals surface area (Å²) in [5.74, 6) is 0. The monoisotopic (exact) mass is 246 g/mol. The number of hydrogen-bond acceptors (Lipinski definition) is 0. The lowest BCUT2D eigenvalue weighted by molar-refractivity contribution is 0.931.